The molecule has 33 heavy (non-hydrogen) atoms. The molecular weight excluding hydrogens is 412 g/mol. The zero-order valence-electron chi connectivity index (χ0n) is 18.6. The van der Waals surface area contributed by atoms with Gasteiger partial charge in [0.15, 0.2) is 0 Å². The van der Waals surface area contributed by atoms with Gasteiger partial charge in [-0.3, -0.25) is 9.78 Å². The van der Waals surface area contributed by atoms with Crippen molar-refractivity contribution in [3.63, 3.8) is 0 Å². The highest BCUT2D eigenvalue weighted by molar-refractivity contribution is 6.07. The quantitative estimate of drug-likeness (QED) is 0.454. The van der Waals surface area contributed by atoms with Gasteiger partial charge in [-0.2, -0.15) is 0 Å². The van der Waals surface area contributed by atoms with Crippen molar-refractivity contribution in [1.82, 2.24) is 14.9 Å². The van der Waals surface area contributed by atoms with Gasteiger partial charge in [0.2, 0.25) is 0 Å². The number of aromatic nitrogens is 2. The topological polar surface area (TPSA) is 58.6 Å². The van der Waals surface area contributed by atoms with Gasteiger partial charge in [-0.1, -0.05) is 30.3 Å². The van der Waals surface area contributed by atoms with Crippen LogP contribution in [-0.4, -0.2) is 53.6 Å². The Balaban J connectivity index is 1.41. The highest BCUT2D eigenvalue weighted by atomic mass is 16.5. The van der Waals surface area contributed by atoms with Crippen LogP contribution in [0.4, 0.5) is 5.69 Å². The molecule has 0 aliphatic carbocycles. The summed E-state index contributed by atoms with van der Waals surface area (Å²) in [5.41, 5.74) is 4.23. The van der Waals surface area contributed by atoms with Crippen molar-refractivity contribution in [3.05, 3.63) is 84.7 Å². The zero-order chi connectivity index (χ0) is 22.6. The normalized spacial score (nSPS) is 13.8. The van der Waals surface area contributed by atoms with Crippen LogP contribution >= 0.6 is 0 Å². The molecule has 3 heterocycles. The van der Waals surface area contributed by atoms with E-state index in [1.165, 1.54) is 0 Å². The SMILES string of the molecule is CCOc1ccccc1N1CCN(C(=O)c2cc(-c3cccnc3)nc3ccccc23)CC1. The lowest BCUT2D eigenvalue weighted by molar-refractivity contribution is 0.0748. The summed E-state index contributed by atoms with van der Waals surface area (Å²) in [4.78, 5) is 26.9. The Bertz CT molecular complexity index is 1270. The lowest BCUT2D eigenvalue weighted by Gasteiger charge is -2.37. The second-order valence-corrected chi connectivity index (χ2v) is 7.99. The van der Waals surface area contributed by atoms with Crippen LogP contribution in [0.2, 0.25) is 0 Å². The second-order valence-electron chi connectivity index (χ2n) is 7.99. The number of hydrogen-bond acceptors (Lipinski definition) is 5. The predicted octanol–water partition coefficient (Wildman–Crippen LogP) is 4.66. The summed E-state index contributed by atoms with van der Waals surface area (Å²) in [6, 6.07) is 21.7. The van der Waals surface area contributed by atoms with Gasteiger partial charge in [0, 0.05) is 49.5 Å². The fourth-order valence-corrected chi connectivity index (χ4v) is 4.33. The molecule has 5 rings (SSSR count). The average molecular weight is 439 g/mol. The summed E-state index contributed by atoms with van der Waals surface area (Å²) in [5.74, 6) is 0.928. The van der Waals surface area contributed by atoms with Crippen LogP contribution in [0.5, 0.6) is 5.75 Å². The number of fused-ring (bicyclic) bond motifs is 1. The van der Waals surface area contributed by atoms with Crippen molar-refractivity contribution < 1.29 is 9.53 Å². The van der Waals surface area contributed by atoms with Crippen LogP contribution in [-0.2, 0) is 0 Å². The first kappa shape index (κ1) is 20.9. The highest BCUT2D eigenvalue weighted by Crippen LogP contribution is 2.30. The van der Waals surface area contributed by atoms with E-state index in [1.54, 1.807) is 12.4 Å². The van der Waals surface area contributed by atoms with Gasteiger partial charge < -0.3 is 14.5 Å². The van der Waals surface area contributed by atoms with E-state index in [1.807, 2.05) is 72.5 Å². The Morgan fingerprint density at radius 3 is 2.55 bits per heavy atom. The molecule has 2 aromatic heterocycles. The third kappa shape index (κ3) is 4.24. The van der Waals surface area contributed by atoms with Gasteiger partial charge in [-0.05, 0) is 43.3 Å². The Kier molecular flexibility index (Phi) is 5.89. The van der Waals surface area contributed by atoms with Crippen LogP contribution in [0.15, 0.2) is 79.1 Å². The molecule has 0 N–H and O–H groups in total. The molecule has 0 atom stereocenters. The minimum atomic E-state index is 0.0384. The lowest BCUT2D eigenvalue weighted by atomic mass is 10.0. The first-order valence-electron chi connectivity index (χ1n) is 11.3. The van der Waals surface area contributed by atoms with E-state index in [9.17, 15) is 4.79 Å². The number of para-hydroxylation sites is 3. The van der Waals surface area contributed by atoms with Crippen molar-refractivity contribution in [2.75, 3.05) is 37.7 Å². The molecule has 0 radical (unpaired) electrons. The Morgan fingerprint density at radius 2 is 1.76 bits per heavy atom. The standard InChI is InChI=1S/C27H26N4O2/c1-2-33-26-12-6-5-11-25(26)30-14-16-31(17-15-30)27(32)22-18-24(20-8-7-13-28-19-20)29-23-10-4-3-9-21(22)23/h3-13,18-19H,2,14-17H2,1H3. The summed E-state index contributed by atoms with van der Waals surface area (Å²) in [7, 11) is 0. The van der Waals surface area contributed by atoms with Crippen molar-refractivity contribution >= 4 is 22.5 Å². The summed E-state index contributed by atoms with van der Waals surface area (Å²) in [5, 5.41) is 0.874. The second kappa shape index (κ2) is 9.28. The number of anilines is 1. The van der Waals surface area contributed by atoms with Crippen molar-refractivity contribution in [2.45, 2.75) is 6.92 Å². The molecule has 6 heteroatoms. The summed E-state index contributed by atoms with van der Waals surface area (Å²) < 4.78 is 5.80. The molecule has 0 bridgehead atoms. The molecule has 1 saturated heterocycles. The summed E-state index contributed by atoms with van der Waals surface area (Å²) in [6.45, 7) is 5.44. The Morgan fingerprint density at radius 1 is 0.970 bits per heavy atom. The molecule has 4 aromatic rings. The van der Waals surface area contributed by atoms with Crippen LogP contribution in [0.1, 0.15) is 17.3 Å². The monoisotopic (exact) mass is 438 g/mol. The molecule has 0 saturated carbocycles. The van der Waals surface area contributed by atoms with E-state index in [4.69, 9.17) is 9.72 Å². The van der Waals surface area contributed by atoms with Gasteiger partial charge in [-0.25, -0.2) is 4.98 Å². The van der Waals surface area contributed by atoms with Gasteiger partial charge in [0.25, 0.3) is 5.91 Å². The number of pyridine rings is 2. The van der Waals surface area contributed by atoms with E-state index in [0.29, 0.717) is 25.3 Å². The van der Waals surface area contributed by atoms with Gasteiger partial charge >= 0.3 is 0 Å². The maximum atomic E-state index is 13.6. The van der Waals surface area contributed by atoms with E-state index < -0.39 is 0 Å². The molecule has 1 aliphatic heterocycles. The number of hydrogen-bond donors (Lipinski definition) is 0. The largest absolute Gasteiger partial charge is 0.492 e. The molecule has 0 unspecified atom stereocenters. The molecule has 1 amide bonds. The number of carbonyl (C=O) groups excluding carboxylic acids is 1. The first-order chi connectivity index (χ1) is 16.2. The number of ether oxygens (including phenoxy) is 1. The molecule has 166 valence electrons. The van der Waals surface area contributed by atoms with E-state index in [-0.39, 0.29) is 5.91 Å². The molecule has 1 fully saturated rings. The van der Waals surface area contributed by atoms with E-state index in [0.717, 1.165) is 46.7 Å². The number of nitrogens with zero attached hydrogens (tertiary/aromatic N) is 4. The van der Waals surface area contributed by atoms with Gasteiger partial charge in [0.1, 0.15) is 5.75 Å². The minimum Gasteiger partial charge on any atom is -0.492 e. The Labute approximate surface area is 193 Å². The third-order valence-electron chi connectivity index (χ3n) is 5.98. The fraction of sp³-hybridized carbons (Fsp3) is 0.222. The lowest BCUT2D eigenvalue weighted by Crippen LogP contribution is -2.49. The summed E-state index contributed by atoms with van der Waals surface area (Å²) >= 11 is 0. The van der Waals surface area contributed by atoms with Crippen LogP contribution in [0.3, 0.4) is 0 Å². The molecule has 1 aliphatic rings. The summed E-state index contributed by atoms with van der Waals surface area (Å²) in [6.07, 6.45) is 3.51. The van der Waals surface area contributed by atoms with E-state index >= 15 is 0 Å². The van der Waals surface area contributed by atoms with Crippen LogP contribution in [0, 0.1) is 0 Å². The zero-order valence-corrected chi connectivity index (χ0v) is 18.6. The molecular formula is C27H26N4O2. The molecule has 6 nitrogen and oxygen atoms in total. The van der Waals surface area contributed by atoms with Gasteiger partial charge in [-0.15, -0.1) is 0 Å². The first-order valence-corrected chi connectivity index (χ1v) is 11.3. The van der Waals surface area contributed by atoms with Gasteiger partial charge in [0.05, 0.1) is 29.1 Å². The van der Waals surface area contributed by atoms with Crippen LogP contribution in [0.25, 0.3) is 22.2 Å². The number of piperazine rings is 1. The van der Waals surface area contributed by atoms with Crippen molar-refractivity contribution in [1.29, 1.82) is 0 Å². The maximum Gasteiger partial charge on any atom is 0.254 e. The number of benzene rings is 2. The maximum absolute atomic E-state index is 13.6. The highest BCUT2D eigenvalue weighted by Gasteiger charge is 2.25. The average Bonchev–Trinajstić information content (AvgIpc) is 2.89. The van der Waals surface area contributed by atoms with Crippen LogP contribution < -0.4 is 9.64 Å². The predicted molar refractivity (Wildman–Crippen MR) is 131 cm³/mol. The fourth-order valence-electron chi connectivity index (χ4n) is 4.33. The molecule has 0 spiro atoms. The minimum absolute atomic E-state index is 0.0384. The number of rotatable bonds is 5. The van der Waals surface area contributed by atoms with Crippen molar-refractivity contribution in [2.24, 2.45) is 0 Å². The number of carbonyl (C=O) groups is 1. The van der Waals surface area contributed by atoms with E-state index in [2.05, 4.69) is 16.0 Å². The third-order valence-corrected chi connectivity index (χ3v) is 5.98. The Hall–Kier alpha value is -3.93. The van der Waals surface area contributed by atoms with Crippen molar-refractivity contribution in [3.8, 4) is 17.0 Å². The number of amides is 1. The molecule has 2 aromatic carbocycles. The smallest absolute Gasteiger partial charge is 0.254 e.